The largest absolute Gasteiger partial charge is 0.393 e. The van der Waals surface area contributed by atoms with Gasteiger partial charge in [0.25, 0.3) is 0 Å². The van der Waals surface area contributed by atoms with E-state index in [4.69, 9.17) is 4.74 Å². The van der Waals surface area contributed by atoms with E-state index in [2.05, 4.69) is 0 Å². The Morgan fingerprint density at radius 3 is 2.65 bits per heavy atom. The summed E-state index contributed by atoms with van der Waals surface area (Å²) in [5.74, 6) is -0.968. The molecular formula is C13H18F2O2. The first-order valence-corrected chi connectivity index (χ1v) is 5.67. The number of methoxy groups -OCH3 is 1. The minimum Gasteiger partial charge on any atom is -0.393 e. The van der Waals surface area contributed by atoms with Crippen molar-refractivity contribution in [1.82, 2.24) is 0 Å². The van der Waals surface area contributed by atoms with Crippen molar-refractivity contribution in [2.45, 2.75) is 38.4 Å². The molecule has 0 heterocycles. The Bertz CT molecular complexity index is 355. The van der Waals surface area contributed by atoms with Gasteiger partial charge in [0.2, 0.25) is 0 Å². The zero-order valence-electron chi connectivity index (χ0n) is 10.1. The molecule has 0 saturated carbocycles. The molecule has 1 N–H and O–H groups in total. The number of rotatable bonds is 6. The average Bonchev–Trinajstić information content (AvgIpc) is 2.30. The number of aliphatic hydroxyl groups is 1. The molecule has 0 radical (unpaired) electrons. The highest BCUT2D eigenvalue weighted by Crippen LogP contribution is 2.14. The molecule has 2 unspecified atom stereocenters. The lowest BCUT2D eigenvalue weighted by Crippen LogP contribution is -2.15. The third-order valence-electron chi connectivity index (χ3n) is 2.77. The van der Waals surface area contributed by atoms with Crippen molar-refractivity contribution in [3.63, 3.8) is 0 Å². The lowest BCUT2D eigenvalue weighted by molar-refractivity contribution is 0.0849. The van der Waals surface area contributed by atoms with Gasteiger partial charge in [-0.05, 0) is 43.5 Å². The van der Waals surface area contributed by atoms with Crippen LogP contribution in [0, 0.1) is 11.6 Å². The highest BCUT2D eigenvalue weighted by molar-refractivity contribution is 5.19. The Hall–Kier alpha value is -1.00. The molecule has 0 aromatic heterocycles. The average molecular weight is 244 g/mol. The first kappa shape index (κ1) is 14.1. The lowest BCUT2D eigenvalue weighted by atomic mass is 10.0. The number of hydrogen-bond acceptors (Lipinski definition) is 2. The highest BCUT2D eigenvalue weighted by atomic mass is 19.1. The number of aliphatic hydroxyl groups excluding tert-OH is 1. The van der Waals surface area contributed by atoms with E-state index >= 15 is 0 Å². The quantitative estimate of drug-likeness (QED) is 0.833. The first-order chi connectivity index (χ1) is 8.02. The summed E-state index contributed by atoms with van der Waals surface area (Å²) in [5.41, 5.74) is 0.211. The monoisotopic (exact) mass is 244 g/mol. The molecule has 1 aromatic carbocycles. The molecule has 1 rings (SSSR count). The number of hydrogen-bond donors (Lipinski definition) is 1. The lowest BCUT2D eigenvalue weighted by Gasteiger charge is -2.14. The summed E-state index contributed by atoms with van der Waals surface area (Å²) in [6.07, 6.45) is 0.700. The molecule has 0 spiro atoms. The van der Waals surface area contributed by atoms with Crippen LogP contribution in [0.3, 0.4) is 0 Å². The van der Waals surface area contributed by atoms with Gasteiger partial charge in [0.1, 0.15) is 11.6 Å². The van der Waals surface area contributed by atoms with Gasteiger partial charge in [-0.25, -0.2) is 8.78 Å². The molecule has 4 heteroatoms. The van der Waals surface area contributed by atoms with Crippen LogP contribution in [-0.2, 0) is 11.2 Å². The molecule has 1 aromatic rings. The van der Waals surface area contributed by atoms with Crippen molar-refractivity contribution in [2.24, 2.45) is 0 Å². The summed E-state index contributed by atoms with van der Waals surface area (Å²) >= 11 is 0. The van der Waals surface area contributed by atoms with Gasteiger partial charge in [-0.3, -0.25) is 0 Å². The predicted molar refractivity (Wildman–Crippen MR) is 61.8 cm³/mol. The molecule has 96 valence electrons. The van der Waals surface area contributed by atoms with Crippen LogP contribution in [0.25, 0.3) is 0 Å². The third-order valence-corrected chi connectivity index (χ3v) is 2.77. The molecule has 0 saturated heterocycles. The fraction of sp³-hybridized carbons (Fsp3) is 0.538. The van der Waals surface area contributed by atoms with Gasteiger partial charge < -0.3 is 9.84 Å². The van der Waals surface area contributed by atoms with Crippen LogP contribution >= 0.6 is 0 Å². The minimum atomic E-state index is -0.677. The van der Waals surface area contributed by atoms with Crippen molar-refractivity contribution in [3.8, 4) is 0 Å². The Labute approximate surface area is 100 Å². The molecule has 2 atom stereocenters. The Morgan fingerprint density at radius 1 is 1.29 bits per heavy atom. The summed E-state index contributed by atoms with van der Waals surface area (Å²) in [6.45, 7) is 1.90. The first-order valence-electron chi connectivity index (χ1n) is 5.67. The van der Waals surface area contributed by atoms with E-state index in [0.29, 0.717) is 12.8 Å². The molecule has 0 bridgehead atoms. The van der Waals surface area contributed by atoms with Gasteiger partial charge >= 0.3 is 0 Å². The summed E-state index contributed by atoms with van der Waals surface area (Å²) in [5, 5.41) is 9.72. The maximum atomic E-state index is 13.3. The van der Waals surface area contributed by atoms with Gasteiger partial charge in [-0.1, -0.05) is 0 Å². The molecule has 0 aliphatic rings. The van der Waals surface area contributed by atoms with Crippen LogP contribution in [0.4, 0.5) is 8.78 Å². The summed E-state index contributed by atoms with van der Waals surface area (Å²) in [4.78, 5) is 0. The summed E-state index contributed by atoms with van der Waals surface area (Å²) in [7, 11) is 1.60. The van der Waals surface area contributed by atoms with Gasteiger partial charge in [0, 0.05) is 13.5 Å². The van der Waals surface area contributed by atoms with Crippen LogP contribution < -0.4 is 0 Å². The van der Waals surface area contributed by atoms with Gasteiger partial charge in [0.15, 0.2) is 0 Å². The van der Waals surface area contributed by atoms with E-state index < -0.39 is 17.7 Å². The van der Waals surface area contributed by atoms with Crippen LogP contribution in [0.1, 0.15) is 25.3 Å². The number of ether oxygens (including phenoxy) is 1. The predicted octanol–water partition coefficient (Wildman–Crippen LogP) is 2.68. The second-order valence-electron chi connectivity index (χ2n) is 4.22. The van der Waals surface area contributed by atoms with Crippen molar-refractivity contribution in [1.29, 1.82) is 0 Å². The smallest absolute Gasteiger partial charge is 0.126 e. The number of benzene rings is 1. The zero-order chi connectivity index (χ0) is 12.8. The van der Waals surface area contributed by atoms with Gasteiger partial charge in [-0.2, -0.15) is 0 Å². The minimum absolute atomic E-state index is 0.0574. The molecule has 2 nitrogen and oxygen atoms in total. The number of halogens is 2. The molecular weight excluding hydrogens is 226 g/mol. The zero-order valence-corrected chi connectivity index (χ0v) is 10.1. The SMILES string of the molecule is COC(C)CCC(O)Cc1cc(F)ccc1F. The topological polar surface area (TPSA) is 29.5 Å². The van der Waals surface area contributed by atoms with E-state index in [9.17, 15) is 13.9 Å². The molecule has 0 aliphatic heterocycles. The Kier molecular flexibility index (Phi) is 5.51. The van der Waals surface area contributed by atoms with E-state index in [1.54, 1.807) is 7.11 Å². The molecule has 17 heavy (non-hydrogen) atoms. The van der Waals surface area contributed by atoms with Crippen LogP contribution in [0.15, 0.2) is 18.2 Å². The van der Waals surface area contributed by atoms with Crippen LogP contribution in [0.5, 0.6) is 0 Å². The molecule has 0 amide bonds. The van der Waals surface area contributed by atoms with E-state index in [1.807, 2.05) is 6.92 Å². The van der Waals surface area contributed by atoms with Crippen molar-refractivity contribution >= 4 is 0 Å². The van der Waals surface area contributed by atoms with Crippen molar-refractivity contribution in [2.75, 3.05) is 7.11 Å². The summed E-state index contributed by atoms with van der Waals surface area (Å²) in [6, 6.07) is 3.27. The maximum Gasteiger partial charge on any atom is 0.126 e. The standard InChI is InChI=1S/C13H18F2O2/c1-9(17-2)3-5-12(16)8-10-7-11(14)4-6-13(10)15/h4,6-7,9,12,16H,3,5,8H2,1-2H3. The van der Waals surface area contributed by atoms with Crippen molar-refractivity contribution in [3.05, 3.63) is 35.4 Å². The second kappa shape index (κ2) is 6.67. The maximum absolute atomic E-state index is 13.3. The van der Waals surface area contributed by atoms with E-state index in [1.165, 1.54) is 0 Å². The van der Waals surface area contributed by atoms with E-state index in [0.717, 1.165) is 18.2 Å². The van der Waals surface area contributed by atoms with Gasteiger partial charge in [-0.15, -0.1) is 0 Å². The second-order valence-corrected chi connectivity index (χ2v) is 4.22. The fourth-order valence-corrected chi connectivity index (χ4v) is 1.60. The Morgan fingerprint density at radius 2 is 2.00 bits per heavy atom. The third kappa shape index (κ3) is 4.79. The molecule has 0 aliphatic carbocycles. The normalized spacial score (nSPS) is 14.6. The van der Waals surface area contributed by atoms with Crippen LogP contribution in [-0.4, -0.2) is 24.4 Å². The fourth-order valence-electron chi connectivity index (χ4n) is 1.60. The van der Waals surface area contributed by atoms with Gasteiger partial charge in [0.05, 0.1) is 12.2 Å². The van der Waals surface area contributed by atoms with Crippen LogP contribution in [0.2, 0.25) is 0 Å². The van der Waals surface area contributed by atoms with Crippen molar-refractivity contribution < 1.29 is 18.6 Å². The molecule has 0 fully saturated rings. The summed E-state index contributed by atoms with van der Waals surface area (Å²) < 4.78 is 31.2. The Balaban J connectivity index is 2.50. The van der Waals surface area contributed by atoms with E-state index in [-0.39, 0.29) is 18.1 Å². The highest BCUT2D eigenvalue weighted by Gasteiger charge is 2.12.